The van der Waals surface area contributed by atoms with Crippen LogP contribution in [0.2, 0.25) is 0 Å². The Hall–Kier alpha value is -0.980. The zero-order chi connectivity index (χ0) is 5.11. The molecule has 0 saturated carbocycles. The average molecular weight is 92.1 g/mol. The second-order valence-corrected chi connectivity index (χ2v) is 1.12. The van der Waals surface area contributed by atoms with Crippen molar-refractivity contribution in [2.24, 2.45) is 0 Å². The minimum absolute atomic E-state index is 0.653. The monoisotopic (exact) mass is 92.0 g/mol. The highest BCUT2D eigenvalue weighted by Crippen LogP contribution is 1.97. The molecule has 34 valence electrons. The van der Waals surface area contributed by atoms with Crippen LogP contribution < -0.4 is 0 Å². The van der Waals surface area contributed by atoms with Gasteiger partial charge in [-0.05, 0) is 18.2 Å². The third-order valence-electron chi connectivity index (χ3n) is 0.657. The molecule has 0 unspecified atom stereocenters. The lowest BCUT2D eigenvalue weighted by Crippen LogP contribution is -1.51. The lowest BCUT2D eigenvalue weighted by molar-refractivity contribution is 0.548. The van der Waals surface area contributed by atoms with Crippen molar-refractivity contribution in [2.75, 3.05) is 0 Å². The summed E-state index contributed by atoms with van der Waals surface area (Å²) in [5.74, 6) is 0.653. The smallest absolute Gasteiger partial charge is 0.170 e. The van der Waals surface area contributed by atoms with E-state index < -0.39 is 0 Å². The lowest BCUT2D eigenvalue weighted by atomic mass is 10.5. The van der Waals surface area contributed by atoms with E-state index in [-0.39, 0.29) is 0 Å². The topological polar surface area (TPSA) is 13.1 Å². The zero-order valence-corrected chi connectivity index (χ0v) is 3.72. The molecule has 0 N–H and O–H groups in total. The minimum atomic E-state index is 0.653. The van der Waals surface area contributed by atoms with Crippen LogP contribution in [0.3, 0.4) is 0 Å². The summed E-state index contributed by atoms with van der Waals surface area (Å²) in [6.07, 6.45) is 3.88. The summed E-state index contributed by atoms with van der Waals surface area (Å²) in [6.45, 7) is 5.06. The molecule has 1 rings (SSSR count). The summed E-state index contributed by atoms with van der Waals surface area (Å²) in [5, 5.41) is 0. The van der Waals surface area contributed by atoms with Crippen LogP contribution >= 0.6 is 0 Å². The summed E-state index contributed by atoms with van der Waals surface area (Å²) in [5.41, 5.74) is 0. The van der Waals surface area contributed by atoms with E-state index in [1.165, 1.54) is 6.08 Å². The molecule has 0 aliphatic carbocycles. The Morgan fingerprint density at radius 2 is 2.71 bits per heavy atom. The predicted octanol–water partition coefficient (Wildman–Crippen LogP) is 1.53. The van der Waals surface area contributed by atoms with Crippen molar-refractivity contribution in [2.45, 2.75) is 0 Å². The maximum Gasteiger partial charge on any atom is 0.170 e. The van der Waals surface area contributed by atoms with Gasteiger partial charge in [-0.15, -0.1) is 0 Å². The van der Waals surface area contributed by atoms with E-state index >= 15 is 0 Å². The fourth-order valence-electron chi connectivity index (χ4n) is 0.342. The molecule has 1 aromatic heterocycles. The molecular formula is C6H4O. The van der Waals surface area contributed by atoms with Crippen LogP contribution in [-0.2, 0) is 0 Å². The maximum atomic E-state index is 5.06. The summed E-state index contributed by atoms with van der Waals surface area (Å²) < 4.78 is 4.68. The van der Waals surface area contributed by atoms with E-state index in [1.807, 2.05) is 0 Å². The van der Waals surface area contributed by atoms with Crippen LogP contribution in [0, 0.1) is 12.8 Å². The summed E-state index contributed by atoms with van der Waals surface area (Å²) in [6, 6.07) is 3.40. The van der Waals surface area contributed by atoms with E-state index in [4.69, 9.17) is 6.58 Å². The SMILES string of the molecule is [CH]=Cc1cc[c]o1. The molecule has 7 heavy (non-hydrogen) atoms. The molecule has 1 heterocycles. The molecule has 0 aliphatic heterocycles. The second-order valence-electron chi connectivity index (χ2n) is 1.12. The first kappa shape index (κ1) is 4.19. The zero-order valence-electron chi connectivity index (χ0n) is 3.72. The number of hydrogen-bond donors (Lipinski definition) is 0. The van der Waals surface area contributed by atoms with Crippen molar-refractivity contribution in [1.29, 1.82) is 0 Å². The van der Waals surface area contributed by atoms with Gasteiger partial charge in [0, 0.05) is 0 Å². The normalized spacial score (nSPS) is 8.57. The maximum absolute atomic E-state index is 5.06. The molecule has 0 spiro atoms. The second kappa shape index (κ2) is 1.65. The van der Waals surface area contributed by atoms with Crippen molar-refractivity contribution in [3.05, 3.63) is 30.7 Å². The first-order chi connectivity index (χ1) is 3.43. The van der Waals surface area contributed by atoms with Crippen LogP contribution in [0.1, 0.15) is 5.76 Å². The third kappa shape index (κ3) is 0.712. The van der Waals surface area contributed by atoms with Crippen LogP contribution in [0.4, 0.5) is 0 Å². The Bertz CT molecular complexity index is 139. The molecular weight excluding hydrogens is 88.1 g/mol. The highest BCUT2D eigenvalue weighted by molar-refractivity contribution is 5.36. The van der Waals surface area contributed by atoms with Gasteiger partial charge in [-0.2, -0.15) is 0 Å². The van der Waals surface area contributed by atoms with Crippen molar-refractivity contribution in [3.8, 4) is 0 Å². The quantitative estimate of drug-likeness (QED) is 0.512. The van der Waals surface area contributed by atoms with E-state index in [0.717, 1.165) is 0 Å². The van der Waals surface area contributed by atoms with Crippen molar-refractivity contribution >= 4 is 6.08 Å². The fourth-order valence-corrected chi connectivity index (χ4v) is 0.342. The number of hydrogen-bond acceptors (Lipinski definition) is 1. The van der Waals surface area contributed by atoms with Crippen molar-refractivity contribution < 1.29 is 4.42 Å². The molecule has 0 bridgehead atoms. The van der Waals surface area contributed by atoms with Gasteiger partial charge in [0.05, 0.1) is 0 Å². The van der Waals surface area contributed by atoms with Gasteiger partial charge in [0.15, 0.2) is 6.26 Å². The van der Waals surface area contributed by atoms with Gasteiger partial charge < -0.3 is 4.42 Å². The lowest BCUT2D eigenvalue weighted by Gasteiger charge is -1.72. The van der Waals surface area contributed by atoms with Gasteiger partial charge in [0.2, 0.25) is 0 Å². The molecule has 2 radical (unpaired) electrons. The van der Waals surface area contributed by atoms with Crippen LogP contribution in [-0.4, -0.2) is 0 Å². The van der Waals surface area contributed by atoms with E-state index in [0.29, 0.717) is 5.76 Å². The van der Waals surface area contributed by atoms with Crippen molar-refractivity contribution in [3.63, 3.8) is 0 Å². The number of rotatable bonds is 1. The van der Waals surface area contributed by atoms with Crippen LogP contribution in [0.25, 0.3) is 6.08 Å². The fraction of sp³-hybridized carbons (Fsp3) is 0. The highest BCUT2D eigenvalue weighted by Gasteiger charge is 1.81. The molecule has 0 aliphatic rings. The van der Waals surface area contributed by atoms with Gasteiger partial charge >= 0.3 is 0 Å². The first-order valence-corrected chi connectivity index (χ1v) is 1.94. The molecule has 0 atom stereocenters. The average Bonchev–Trinajstić information content (AvgIpc) is 2.14. The molecule has 1 aromatic rings. The Morgan fingerprint density at radius 1 is 1.86 bits per heavy atom. The Labute approximate surface area is 42.3 Å². The summed E-state index contributed by atoms with van der Waals surface area (Å²) in [4.78, 5) is 0. The van der Waals surface area contributed by atoms with Gasteiger partial charge in [-0.1, -0.05) is 6.58 Å². The molecule has 0 fully saturated rings. The van der Waals surface area contributed by atoms with Gasteiger partial charge in [0.25, 0.3) is 0 Å². The molecule has 1 heteroatoms. The van der Waals surface area contributed by atoms with E-state index in [2.05, 4.69) is 10.7 Å². The van der Waals surface area contributed by atoms with Gasteiger partial charge in [-0.3, -0.25) is 0 Å². The van der Waals surface area contributed by atoms with Crippen molar-refractivity contribution in [1.82, 2.24) is 0 Å². The molecule has 0 saturated heterocycles. The Morgan fingerprint density at radius 3 is 3.00 bits per heavy atom. The first-order valence-electron chi connectivity index (χ1n) is 1.94. The summed E-state index contributed by atoms with van der Waals surface area (Å²) in [7, 11) is 0. The van der Waals surface area contributed by atoms with Crippen LogP contribution in [0.15, 0.2) is 16.5 Å². The standard InChI is InChI=1S/C6H4O/c1-2-6-4-3-5-7-6/h1-4H. The van der Waals surface area contributed by atoms with Gasteiger partial charge in [-0.25, -0.2) is 0 Å². The molecule has 0 amide bonds. The summed E-state index contributed by atoms with van der Waals surface area (Å²) >= 11 is 0. The third-order valence-corrected chi connectivity index (χ3v) is 0.657. The highest BCUT2D eigenvalue weighted by atomic mass is 16.3. The minimum Gasteiger partial charge on any atom is -0.453 e. The van der Waals surface area contributed by atoms with Crippen LogP contribution in [0.5, 0.6) is 0 Å². The molecule has 0 aromatic carbocycles. The van der Waals surface area contributed by atoms with E-state index in [1.54, 1.807) is 12.1 Å². The largest absolute Gasteiger partial charge is 0.453 e. The van der Waals surface area contributed by atoms with Gasteiger partial charge in [0.1, 0.15) is 5.76 Å². The Balaban J connectivity index is 2.96. The molecule has 1 nitrogen and oxygen atoms in total. The number of furan rings is 1. The predicted molar refractivity (Wildman–Crippen MR) is 26.3 cm³/mol. The Kier molecular flexibility index (Phi) is 0.984. The van der Waals surface area contributed by atoms with E-state index in [9.17, 15) is 0 Å².